The minimum absolute atomic E-state index is 0.0408. The van der Waals surface area contributed by atoms with Crippen LogP contribution in [0.5, 0.6) is 5.88 Å². The molecule has 0 radical (unpaired) electrons. The molecule has 2 saturated heterocycles. The van der Waals surface area contributed by atoms with Gasteiger partial charge in [0.25, 0.3) is 0 Å². The Balaban J connectivity index is 1.79. The van der Waals surface area contributed by atoms with E-state index in [1.54, 1.807) is 24.1 Å². The molecule has 3 rings (SSSR count). The lowest BCUT2D eigenvalue weighted by Crippen LogP contribution is -2.55. The molecule has 9 nitrogen and oxygen atoms in total. The highest BCUT2D eigenvalue weighted by atomic mass is 32.2. The highest BCUT2D eigenvalue weighted by Gasteiger charge is 2.48. The van der Waals surface area contributed by atoms with Crippen LogP contribution >= 0.6 is 0 Å². The summed E-state index contributed by atoms with van der Waals surface area (Å²) in [5.74, 6) is 0.0675. The number of pyridine rings is 1. The molecule has 0 N–H and O–H groups in total. The van der Waals surface area contributed by atoms with E-state index in [1.165, 1.54) is 11.4 Å². The molecule has 0 bridgehead atoms. The van der Waals surface area contributed by atoms with Crippen molar-refractivity contribution >= 4 is 16.1 Å². The van der Waals surface area contributed by atoms with E-state index in [1.807, 2.05) is 20.8 Å². The van der Waals surface area contributed by atoms with Gasteiger partial charge in [0.1, 0.15) is 16.1 Å². The van der Waals surface area contributed by atoms with Crippen molar-refractivity contribution in [1.29, 1.82) is 0 Å². The van der Waals surface area contributed by atoms with Crippen molar-refractivity contribution in [1.82, 2.24) is 14.2 Å². The largest absolute Gasteiger partial charge is 0.480 e. The van der Waals surface area contributed by atoms with E-state index in [4.69, 9.17) is 14.2 Å². The van der Waals surface area contributed by atoms with Crippen LogP contribution in [0.3, 0.4) is 0 Å². The number of aromatic nitrogens is 1. The fourth-order valence-corrected chi connectivity index (χ4v) is 5.29. The predicted molar refractivity (Wildman–Crippen MR) is 105 cm³/mol. The van der Waals surface area contributed by atoms with E-state index in [9.17, 15) is 13.2 Å². The first-order valence-corrected chi connectivity index (χ1v) is 11.0. The average Bonchev–Trinajstić information content (AvgIpc) is 3.04. The van der Waals surface area contributed by atoms with E-state index in [-0.39, 0.29) is 37.0 Å². The van der Waals surface area contributed by atoms with Crippen LogP contribution in [-0.4, -0.2) is 79.8 Å². The predicted octanol–water partition coefficient (Wildman–Crippen LogP) is 1.80. The van der Waals surface area contributed by atoms with Crippen LogP contribution in [0.15, 0.2) is 17.2 Å². The Morgan fingerprint density at radius 2 is 2.00 bits per heavy atom. The third kappa shape index (κ3) is 4.65. The number of aryl methyl sites for hydroxylation is 1. The van der Waals surface area contributed by atoms with Crippen LogP contribution in [0.2, 0.25) is 0 Å². The van der Waals surface area contributed by atoms with Gasteiger partial charge in [-0.05, 0) is 45.7 Å². The number of sulfonamides is 1. The van der Waals surface area contributed by atoms with Crippen LogP contribution in [0, 0.1) is 6.92 Å². The standard InChI is InChI=1S/C19H29N3O6S/c1-14-10-15(16(26-5)20-11-14)29(24,25)22-8-9-27-19(13-22)6-7-21(12-19)17(23)28-18(2,3)4/h10-11H,6-9,12-13H2,1-5H3. The van der Waals surface area contributed by atoms with Crippen molar-refractivity contribution in [2.75, 3.05) is 39.9 Å². The van der Waals surface area contributed by atoms with E-state index in [2.05, 4.69) is 4.98 Å². The quantitative estimate of drug-likeness (QED) is 0.725. The lowest BCUT2D eigenvalue weighted by atomic mass is 10.0. The van der Waals surface area contributed by atoms with Crippen molar-refractivity contribution in [3.8, 4) is 5.88 Å². The highest BCUT2D eigenvalue weighted by molar-refractivity contribution is 7.89. The second-order valence-electron chi connectivity index (χ2n) is 8.54. The smallest absolute Gasteiger partial charge is 0.410 e. The minimum atomic E-state index is -3.83. The lowest BCUT2D eigenvalue weighted by molar-refractivity contribution is -0.0814. The van der Waals surface area contributed by atoms with Gasteiger partial charge in [0.05, 0.1) is 20.3 Å². The topological polar surface area (TPSA) is 98.3 Å². The first-order valence-electron chi connectivity index (χ1n) is 9.58. The molecule has 3 heterocycles. The van der Waals surface area contributed by atoms with Crippen LogP contribution in [-0.2, 0) is 19.5 Å². The molecule has 1 atom stereocenters. The molecule has 2 aliphatic rings. The normalized spacial score (nSPS) is 23.4. The van der Waals surface area contributed by atoms with Gasteiger partial charge >= 0.3 is 6.09 Å². The van der Waals surface area contributed by atoms with Crippen LogP contribution < -0.4 is 4.74 Å². The number of hydrogen-bond donors (Lipinski definition) is 0. The number of morpholine rings is 1. The first kappa shape index (κ1) is 21.8. The zero-order chi connectivity index (χ0) is 21.4. The van der Waals surface area contributed by atoms with Crippen molar-refractivity contribution in [3.05, 3.63) is 17.8 Å². The Hall–Kier alpha value is -1.91. The van der Waals surface area contributed by atoms with Gasteiger partial charge in [-0.2, -0.15) is 4.31 Å². The van der Waals surface area contributed by atoms with Crippen molar-refractivity contribution in [2.24, 2.45) is 0 Å². The van der Waals surface area contributed by atoms with Gasteiger partial charge in [0, 0.05) is 25.8 Å². The average molecular weight is 428 g/mol. The second kappa shape index (κ2) is 7.73. The van der Waals surface area contributed by atoms with E-state index >= 15 is 0 Å². The zero-order valence-electron chi connectivity index (χ0n) is 17.6. The minimum Gasteiger partial charge on any atom is -0.480 e. The maximum Gasteiger partial charge on any atom is 0.410 e. The molecule has 10 heteroatoms. The van der Waals surface area contributed by atoms with E-state index in [0.717, 1.165) is 5.56 Å². The molecule has 0 aliphatic carbocycles. The lowest BCUT2D eigenvalue weighted by Gasteiger charge is -2.39. The van der Waals surface area contributed by atoms with Crippen molar-refractivity contribution in [3.63, 3.8) is 0 Å². The molecule has 1 aromatic heterocycles. The fourth-order valence-electron chi connectivity index (χ4n) is 3.60. The van der Waals surface area contributed by atoms with Crippen molar-refractivity contribution < 1.29 is 27.4 Å². The van der Waals surface area contributed by atoms with Crippen LogP contribution in [0.1, 0.15) is 32.8 Å². The Morgan fingerprint density at radius 3 is 2.66 bits per heavy atom. The molecule has 1 amide bonds. The summed E-state index contributed by atoms with van der Waals surface area (Å²) >= 11 is 0. The number of carbonyl (C=O) groups is 1. The van der Waals surface area contributed by atoms with Crippen molar-refractivity contribution in [2.45, 2.75) is 50.2 Å². The van der Waals surface area contributed by atoms with Crippen LogP contribution in [0.4, 0.5) is 4.79 Å². The molecule has 162 valence electrons. The molecule has 29 heavy (non-hydrogen) atoms. The summed E-state index contributed by atoms with van der Waals surface area (Å²) in [6.45, 7) is 8.60. The summed E-state index contributed by atoms with van der Waals surface area (Å²) < 4.78 is 44.6. The van der Waals surface area contributed by atoms with Crippen LogP contribution in [0.25, 0.3) is 0 Å². The molecule has 1 aromatic rings. The summed E-state index contributed by atoms with van der Waals surface area (Å²) in [7, 11) is -2.43. The number of carbonyl (C=O) groups excluding carboxylic acids is 1. The summed E-state index contributed by atoms with van der Waals surface area (Å²) in [6, 6.07) is 1.56. The molecule has 2 aliphatic heterocycles. The van der Waals surface area contributed by atoms with Gasteiger partial charge in [-0.1, -0.05) is 0 Å². The van der Waals surface area contributed by atoms with E-state index < -0.39 is 27.3 Å². The van der Waals surface area contributed by atoms with Gasteiger partial charge in [0.15, 0.2) is 0 Å². The Labute approximate surface area is 172 Å². The molecule has 1 spiro atoms. The fraction of sp³-hybridized carbons (Fsp3) is 0.684. The number of rotatable bonds is 3. The summed E-state index contributed by atoms with van der Waals surface area (Å²) in [5.41, 5.74) is -0.610. The third-order valence-corrected chi connectivity index (χ3v) is 6.79. The Morgan fingerprint density at radius 1 is 1.28 bits per heavy atom. The van der Waals surface area contributed by atoms with Gasteiger partial charge < -0.3 is 19.1 Å². The maximum absolute atomic E-state index is 13.3. The number of hydrogen-bond acceptors (Lipinski definition) is 7. The molecule has 0 saturated carbocycles. The first-order chi connectivity index (χ1) is 13.5. The summed E-state index contributed by atoms with van der Waals surface area (Å²) in [4.78, 5) is 18.1. The van der Waals surface area contributed by atoms with Gasteiger partial charge in [-0.3, -0.25) is 0 Å². The molecular formula is C19H29N3O6S. The van der Waals surface area contributed by atoms with Gasteiger partial charge in [0.2, 0.25) is 15.9 Å². The molecular weight excluding hydrogens is 398 g/mol. The Bertz CT molecular complexity index is 882. The summed E-state index contributed by atoms with van der Waals surface area (Å²) in [5, 5.41) is 0. The monoisotopic (exact) mass is 427 g/mol. The highest BCUT2D eigenvalue weighted by Crippen LogP contribution is 2.34. The Kier molecular flexibility index (Phi) is 5.81. The van der Waals surface area contributed by atoms with Gasteiger partial charge in [-0.25, -0.2) is 18.2 Å². The third-order valence-electron chi connectivity index (χ3n) is 4.95. The second-order valence-corrected chi connectivity index (χ2v) is 10.4. The number of likely N-dealkylation sites (tertiary alicyclic amines) is 1. The number of ether oxygens (including phenoxy) is 3. The molecule has 1 unspecified atom stereocenters. The number of methoxy groups -OCH3 is 1. The molecule has 2 fully saturated rings. The van der Waals surface area contributed by atoms with Gasteiger partial charge in [-0.15, -0.1) is 0 Å². The summed E-state index contributed by atoms with van der Waals surface area (Å²) in [6.07, 6.45) is 1.69. The number of amides is 1. The molecule has 0 aromatic carbocycles. The maximum atomic E-state index is 13.3. The van der Waals surface area contributed by atoms with E-state index in [0.29, 0.717) is 13.0 Å². The zero-order valence-corrected chi connectivity index (χ0v) is 18.4. The SMILES string of the molecule is COc1ncc(C)cc1S(=O)(=O)N1CCOC2(CCN(C(=O)OC(C)(C)C)C2)C1. The number of nitrogens with zero attached hydrogens (tertiary/aromatic N) is 3.